The van der Waals surface area contributed by atoms with E-state index in [4.69, 9.17) is 32.5 Å². The number of anilines is 1. The molecule has 0 spiro atoms. The summed E-state index contributed by atoms with van der Waals surface area (Å²) >= 11 is 11.8. The predicted molar refractivity (Wildman–Crippen MR) is 99.0 cm³/mol. The first-order valence-electron chi connectivity index (χ1n) is 7.71. The number of ether oxygens (including phenoxy) is 1. The van der Waals surface area contributed by atoms with Crippen LogP contribution in [0.25, 0.3) is 0 Å². The van der Waals surface area contributed by atoms with E-state index in [1.165, 1.54) is 12.3 Å². The molecule has 0 radical (unpaired) electrons. The number of carbonyl (C=O) groups is 1. The van der Waals surface area contributed by atoms with E-state index in [2.05, 4.69) is 15.5 Å². The molecule has 8 heteroatoms. The van der Waals surface area contributed by atoms with Gasteiger partial charge in [-0.15, -0.1) is 0 Å². The molecule has 2 heterocycles. The summed E-state index contributed by atoms with van der Waals surface area (Å²) in [5.74, 6) is 0.881. The number of nitrogens with one attached hydrogen (secondary N) is 1. The molecule has 6 nitrogen and oxygen atoms in total. The van der Waals surface area contributed by atoms with E-state index >= 15 is 0 Å². The molecule has 1 N–H and O–H groups in total. The lowest BCUT2D eigenvalue weighted by atomic mass is 10.2. The molecule has 0 unspecified atom stereocenters. The lowest BCUT2D eigenvalue weighted by molar-refractivity contribution is 0.101. The first kappa shape index (κ1) is 18.2. The van der Waals surface area contributed by atoms with E-state index in [1.807, 2.05) is 31.2 Å². The Kier molecular flexibility index (Phi) is 5.44. The van der Waals surface area contributed by atoms with Gasteiger partial charge in [0.25, 0.3) is 5.91 Å². The Morgan fingerprint density at radius 2 is 2.08 bits per heavy atom. The molecule has 1 aromatic carbocycles. The van der Waals surface area contributed by atoms with Crippen molar-refractivity contribution in [3.8, 4) is 5.75 Å². The number of aromatic nitrogens is 2. The van der Waals surface area contributed by atoms with Crippen molar-refractivity contribution in [2.75, 3.05) is 5.32 Å². The Bertz CT molecular complexity index is 957. The zero-order valence-electron chi connectivity index (χ0n) is 14.0. The van der Waals surface area contributed by atoms with Gasteiger partial charge in [-0.2, -0.15) is 0 Å². The van der Waals surface area contributed by atoms with Gasteiger partial charge in [0.2, 0.25) is 0 Å². The van der Waals surface area contributed by atoms with Crippen LogP contribution in [0.1, 0.15) is 27.4 Å². The Morgan fingerprint density at radius 1 is 1.27 bits per heavy atom. The Balaban J connectivity index is 1.77. The highest BCUT2D eigenvalue weighted by Gasteiger charge is 2.21. The highest BCUT2D eigenvalue weighted by molar-refractivity contribution is 6.36. The number of aryl methyl sites for hydroxylation is 2. The maximum absolute atomic E-state index is 12.5. The average molecular weight is 392 g/mol. The molecule has 0 fully saturated rings. The van der Waals surface area contributed by atoms with Gasteiger partial charge in [-0.05, 0) is 37.6 Å². The van der Waals surface area contributed by atoms with Crippen LogP contribution in [0.15, 0.2) is 41.1 Å². The second kappa shape index (κ2) is 7.76. The van der Waals surface area contributed by atoms with Crippen LogP contribution in [-0.4, -0.2) is 16.0 Å². The van der Waals surface area contributed by atoms with Crippen LogP contribution in [0.2, 0.25) is 10.0 Å². The van der Waals surface area contributed by atoms with Crippen LogP contribution >= 0.6 is 23.2 Å². The molecule has 0 aliphatic carbocycles. The van der Waals surface area contributed by atoms with Crippen LogP contribution in [-0.2, 0) is 6.61 Å². The molecule has 0 bridgehead atoms. The predicted octanol–water partition coefficient (Wildman–Crippen LogP) is 4.82. The standard InChI is InChI=1S/C18H15Cl2N3O3/c1-10-4-3-5-13(6-10)25-9-14-11(2)26-23-16(14)18(24)22-17-15(20)7-12(19)8-21-17/h3-8H,9H2,1-2H3,(H,21,22,24). The molecule has 3 aromatic rings. The summed E-state index contributed by atoms with van der Waals surface area (Å²) in [6.07, 6.45) is 1.39. The number of hydrogen-bond acceptors (Lipinski definition) is 5. The maximum Gasteiger partial charge on any atom is 0.279 e. The van der Waals surface area contributed by atoms with Gasteiger partial charge >= 0.3 is 0 Å². The molecular weight excluding hydrogens is 377 g/mol. The first-order chi connectivity index (χ1) is 12.4. The van der Waals surface area contributed by atoms with E-state index in [1.54, 1.807) is 6.92 Å². The third-order valence-electron chi connectivity index (χ3n) is 3.61. The van der Waals surface area contributed by atoms with Crippen molar-refractivity contribution in [2.45, 2.75) is 20.5 Å². The molecule has 0 saturated carbocycles. The topological polar surface area (TPSA) is 77.2 Å². The van der Waals surface area contributed by atoms with Crippen molar-refractivity contribution in [1.82, 2.24) is 10.1 Å². The highest BCUT2D eigenvalue weighted by Crippen LogP contribution is 2.24. The summed E-state index contributed by atoms with van der Waals surface area (Å²) in [6, 6.07) is 9.10. The minimum atomic E-state index is -0.499. The second-order valence-electron chi connectivity index (χ2n) is 5.61. The van der Waals surface area contributed by atoms with Crippen molar-refractivity contribution < 1.29 is 14.1 Å². The lowest BCUT2D eigenvalue weighted by Crippen LogP contribution is -2.16. The Labute approximate surface area is 160 Å². The number of pyridine rings is 1. The third-order valence-corrected chi connectivity index (χ3v) is 4.11. The molecule has 0 aliphatic heterocycles. The number of carbonyl (C=O) groups excluding carboxylic acids is 1. The Morgan fingerprint density at radius 3 is 2.81 bits per heavy atom. The van der Waals surface area contributed by atoms with Gasteiger partial charge in [0, 0.05) is 6.20 Å². The summed E-state index contributed by atoms with van der Waals surface area (Å²) in [5.41, 5.74) is 1.74. The van der Waals surface area contributed by atoms with Crippen molar-refractivity contribution in [2.24, 2.45) is 0 Å². The third kappa shape index (κ3) is 4.15. The molecule has 0 aliphatic rings. The van der Waals surface area contributed by atoms with Crippen molar-refractivity contribution in [3.63, 3.8) is 0 Å². The molecule has 0 saturated heterocycles. The molecule has 134 valence electrons. The number of hydrogen-bond donors (Lipinski definition) is 1. The minimum absolute atomic E-state index is 0.114. The summed E-state index contributed by atoms with van der Waals surface area (Å²) in [4.78, 5) is 16.5. The zero-order chi connectivity index (χ0) is 18.7. The number of nitrogens with zero attached hydrogens (tertiary/aromatic N) is 2. The monoisotopic (exact) mass is 391 g/mol. The maximum atomic E-state index is 12.5. The van der Waals surface area contributed by atoms with Crippen LogP contribution in [0.3, 0.4) is 0 Å². The fourth-order valence-electron chi connectivity index (χ4n) is 2.27. The van der Waals surface area contributed by atoms with Gasteiger partial charge < -0.3 is 14.6 Å². The fraction of sp³-hybridized carbons (Fsp3) is 0.167. The van der Waals surface area contributed by atoms with Gasteiger partial charge in [0.05, 0.1) is 15.6 Å². The second-order valence-corrected chi connectivity index (χ2v) is 6.45. The largest absolute Gasteiger partial charge is 0.489 e. The number of amides is 1. The summed E-state index contributed by atoms with van der Waals surface area (Å²) in [7, 11) is 0. The van der Waals surface area contributed by atoms with Gasteiger partial charge in [0.15, 0.2) is 11.5 Å². The van der Waals surface area contributed by atoms with Gasteiger partial charge in [-0.1, -0.05) is 40.5 Å². The van der Waals surface area contributed by atoms with Crippen LogP contribution < -0.4 is 10.1 Å². The van der Waals surface area contributed by atoms with Crippen LogP contribution in [0, 0.1) is 13.8 Å². The first-order valence-corrected chi connectivity index (χ1v) is 8.46. The quantitative estimate of drug-likeness (QED) is 0.673. The minimum Gasteiger partial charge on any atom is -0.489 e. The van der Waals surface area contributed by atoms with E-state index in [0.717, 1.165) is 5.56 Å². The number of benzene rings is 1. The Hall–Kier alpha value is -2.57. The van der Waals surface area contributed by atoms with Gasteiger partial charge in [-0.25, -0.2) is 4.98 Å². The molecule has 1 amide bonds. The van der Waals surface area contributed by atoms with Crippen molar-refractivity contribution in [3.05, 3.63) is 69.2 Å². The molecular formula is C18H15Cl2N3O3. The summed E-state index contributed by atoms with van der Waals surface area (Å²) in [5, 5.41) is 7.02. The summed E-state index contributed by atoms with van der Waals surface area (Å²) < 4.78 is 10.9. The molecule has 26 heavy (non-hydrogen) atoms. The van der Waals surface area contributed by atoms with Crippen LogP contribution in [0.4, 0.5) is 5.82 Å². The molecule has 3 rings (SSSR count). The summed E-state index contributed by atoms with van der Waals surface area (Å²) in [6.45, 7) is 3.83. The fourth-order valence-corrected chi connectivity index (χ4v) is 2.70. The SMILES string of the molecule is Cc1cccc(OCc2c(C(=O)Nc3ncc(Cl)cc3Cl)noc2C)c1. The normalized spacial score (nSPS) is 10.6. The van der Waals surface area contributed by atoms with E-state index in [0.29, 0.717) is 22.1 Å². The number of rotatable bonds is 5. The molecule has 2 aromatic heterocycles. The van der Waals surface area contributed by atoms with Crippen molar-refractivity contribution >= 4 is 34.9 Å². The highest BCUT2D eigenvalue weighted by atomic mass is 35.5. The lowest BCUT2D eigenvalue weighted by Gasteiger charge is -2.08. The van der Waals surface area contributed by atoms with E-state index < -0.39 is 5.91 Å². The number of halogens is 2. The molecule has 0 atom stereocenters. The van der Waals surface area contributed by atoms with E-state index in [-0.39, 0.29) is 23.1 Å². The average Bonchev–Trinajstić information content (AvgIpc) is 2.96. The van der Waals surface area contributed by atoms with Crippen molar-refractivity contribution in [1.29, 1.82) is 0 Å². The van der Waals surface area contributed by atoms with E-state index in [9.17, 15) is 4.79 Å². The smallest absolute Gasteiger partial charge is 0.279 e. The van der Waals surface area contributed by atoms with Gasteiger partial charge in [0.1, 0.15) is 18.1 Å². The van der Waals surface area contributed by atoms with Crippen LogP contribution in [0.5, 0.6) is 5.75 Å². The van der Waals surface area contributed by atoms with Gasteiger partial charge in [-0.3, -0.25) is 4.79 Å². The zero-order valence-corrected chi connectivity index (χ0v) is 15.6.